The van der Waals surface area contributed by atoms with Crippen molar-refractivity contribution in [3.8, 4) is 0 Å². The lowest BCUT2D eigenvalue weighted by atomic mass is 10.2. The predicted octanol–water partition coefficient (Wildman–Crippen LogP) is 4.10. The molecule has 0 spiro atoms. The van der Waals surface area contributed by atoms with Crippen LogP contribution in [0.3, 0.4) is 0 Å². The highest BCUT2D eigenvalue weighted by Crippen LogP contribution is 2.33. The zero-order chi connectivity index (χ0) is 18.9. The molecule has 0 amide bonds. The van der Waals surface area contributed by atoms with E-state index in [1.54, 1.807) is 6.07 Å². The van der Waals surface area contributed by atoms with E-state index in [-0.39, 0.29) is 17.2 Å². The van der Waals surface area contributed by atoms with Crippen LogP contribution in [0.15, 0.2) is 41.3 Å². The summed E-state index contributed by atoms with van der Waals surface area (Å²) in [5.74, 6) is -1.35. The van der Waals surface area contributed by atoms with E-state index in [0.717, 1.165) is 12.1 Å². The first-order chi connectivity index (χ1) is 12.3. The highest BCUT2D eigenvalue weighted by molar-refractivity contribution is 5.75. The second kappa shape index (κ2) is 6.74. The molecule has 3 rings (SSSR count). The monoisotopic (exact) mass is 366 g/mol. The van der Waals surface area contributed by atoms with Crippen molar-refractivity contribution in [2.45, 2.75) is 26.1 Å². The molecule has 1 aromatic carbocycles. The SMILES string of the molecule is CCCn1c(=O)ccc2cnc(Nc3ccc(F)c(C(F)(F)F)c3)nc21. The van der Waals surface area contributed by atoms with Gasteiger partial charge in [-0.2, -0.15) is 18.2 Å². The first-order valence-electron chi connectivity index (χ1n) is 7.80. The fraction of sp³-hybridized carbons (Fsp3) is 0.235. The Balaban J connectivity index is 2.02. The molecule has 0 saturated heterocycles. The molecule has 0 fully saturated rings. The molecule has 0 bridgehead atoms. The molecule has 9 heteroatoms. The van der Waals surface area contributed by atoms with E-state index < -0.39 is 17.6 Å². The predicted molar refractivity (Wildman–Crippen MR) is 88.8 cm³/mol. The van der Waals surface area contributed by atoms with Crippen LogP contribution in [0.5, 0.6) is 0 Å². The van der Waals surface area contributed by atoms with E-state index >= 15 is 0 Å². The summed E-state index contributed by atoms with van der Waals surface area (Å²) in [5.41, 5.74) is -1.26. The summed E-state index contributed by atoms with van der Waals surface area (Å²) in [4.78, 5) is 20.3. The van der Waals surface area contributed by atoms with Gasteiger partial charge in [-0.1, -0.05) is 6.92 Å². The van der Waals surface area contributed by atoms with E-state index in [4.69, 9.17) is 0 Å². The number of rotatable bonds is 4. The number of nitrogens with zero attached hydrogens (tertiary/aromatic N) is 3. The average molecular weight is 366 g/mol. The van der Waals surface area contributed by atoms with Crippen LogP contribution < -0.4 is 10.9 Å². The van der Waals surface area contributed by atoms with Crippen molar-refractivity contribution < 1.29 is 17.6 Å². The maximum Gasteiger partial charge on any atom is 0.419 e. The lowest BCUT2D eigenvalue weighted by Crippen LogP contribution is -2.20. The molecule has 0 aliphatic heterocycles. The average Bonchev–Trinajstić information content (AvgIpc) is 2.58. The van der Waals surface area contributed by atoms with E-state index in [0.29, 0.717) is 30.1 Å². The number of benzene rings is 1. The number of alkyl halides is 3. The lowest BCUT2D eigenvalue weighted by molar-refractivity contribution is -0.139. The molecule has 2 heterocycles. The quantitative estimate of drug-likeness (QED) is 0.706. The topological polar surface area (TPSA) is 59.8 Å². The zero-order valence-electron chi connectivity index (χ0n) is 13.6. The van der Waals surface area contributed by atoms with Gasteiger partial charge in [0.1, 0.15) is 11.5 Å². The van der Waals surface area contributed by atoms with Crippen molar-refractivity contribution in [1.29, 1.82) is 0 Å². The van der Waals surface area contributed by atoms with Gasteiger partial charge >= 0.3 is 6.18 Å². The summed E-state index contributed by atoms with van der Waals surface area (Å²) in [5, 5.41) is 3.24. The van der Waals surface area contributed by atoms with Gasteiger partial charge in [0.15, 0.2) is 0 Å². The van der Waals surface area contributed by atoms with Gasteiger partial charge in [-0.25, -0.2) is 9.37 Å². The first-order valence-corrected chi connectivity index (χ1v) is 7.80. The molecule has 5 nitrogen and oxygen atoms in total. The van der Waals surface area contributed by atoms with Crippen molar-refractivity contribution in [3.05, 3.63) is 58.3 Å². The van der Waals surface area contributed by atoms with Crippen molar-refractivity contribution in [3.63, 3.8) is 0 Å². The summed E-state index contributed by atoms with van der Waals surface area (Å²) in [6.45, 7) is 2.35. The zero-order valence-corrected chi connectivity index (χ0v) is 13.6. The smallest absolute Gasteiger partial charge is 0.324 e. The van der Waals surface area contributed by atoms with Crippen LogP contribution in [0.4, 0.5) is 29.2 Å². The lowest BCUT2D eigenvalue weighted by Gasteiger charge is -2.12. The van der Waals surface area contributed by atoms with Crippen LogP contribution in [0.1, 0.15) is 18.9 Å². The van der Waals surface area contributed by atoms with Gasteiger partial charge in [0.05, 0.1) is 5.56 Å². The van der Waals surface area contributed by atoms with Gasteiger partial charge in [-0.15, -0.1) is 0 Å². The number of hydrogen-bond donors (Lipinski definition) is 1. The summed E-state index contributed by atoms with van der Waals surface area (Å²) in [6.07, 6.45) is -2.64. The largest absolute Gasteiger partial charge is 0.419 e. The molecule has 1 N–H and O–H groups in total. The van der Waals surface area contributed by atoms with Crippen LogP contribution in [0, 0.1) is 5.82 Å². The van der Waals surface area contributed by atoms with Crippen LogP contribution in [-0.4, -0.2) is 14.5 Å². The first kappa shape index (κ1) is 17.8. The minimum Gasteiger partial charge on any atom is -0.324 e. The summed E-state index contributed by atoms with van der Waals surface area (Å²) < 4.78 is 53.3. The normalized spacial score (nSPS) is 11.7. The second-order valence-electron chi connectivity index (χ2n) is 5.61. The van der Waals surface area contributed by atoms with Crippen LogP contribution in [0.25, 0.3) is 11.0 Å². The Hall–Kier alpha value is -2.97. The summed E-state index contributed by atoms with van der Waals surface area (Å²) in [7, 11) is 0. The van der Waals surface area contributed by atoms with Gasteiger partial charge in [0, 0.05) is 29.9 Å². The number of aromatic nitrogens is 3. The second-order valence-corrected chi connectivity index (χ2v) is 5.61. The minimum atomic E-state index is -4.81. The third-order valence-corrected chi connectivity index (χ3v) is 3.70. The van der Waals surface area contributed by atoms with Gasteiger partial charge < -0.3 is 5.32 Å². The summed E-state index contributed by atoms with van der Waals surface area (Å²) in [6, 6.07) is 5.51. The standard InChI is InChI=1S/C17H14F4N4O/c1-2-7-25-14(26)6-3-10-9-22-16(24-15(10)25)23-11-4-5-13(18)12(8-11)17(19,20)21/h3-6,8-9H,2,7H2,1H3,(H,22,23,24). The maximum atomic E-state index is 13.4. The van der Waals surface area contributed by atoms with Crippen molar-refractivity contribution in [2.75, 3.05) is 5.32 Å². The Labute approximate surface area is 145 Å². The molecular weight excluding hydrogens is 352 g/mol. The molecule has 26 heavy (non-hydrogen) atoms. The Morgan fingerprint density at radius 1 is 1.19 bits per heavy atom. The molecule has 136 valence electrons. The molecular formula is C17H14F4N4O. The van der Waals surface area contributed by atoms with Crippen LogP contribution in [0.2, 0.25) is 0 Å². The Bertz CT molecular complexity index is 1010. The molecule has 3 aromatic rings. The molecule has 2 aromatic heterocycles. The number of fused-ring (bicyclic) bond motifs is 1. The minimum absolute atomic E-state index is 0.00712. The molecule has 0 aliphatic rings. The molecule has 0 radical (unpaired) electrons. The fourth-order valence-corrected chi connectivity index (χ4v) is 2.52. The molecule has 0 saturated carbocycles. The van der Waals surface area contributed by atoms with E-state index in [9.17, 15) is 22.4 Å². The van der Waals surface area contributed by atoms with Crippen LogP contribution in [-0.2, 0) is 12.7 Å². The van der Waals surface area contributed by atoms with Crippen molar-refractivity contribution >= 4 is 22.7 Å². The number of hydrogen-bond acceptors (Lipinski definition) is 4. The van der Waals surface area contributed by atoms with Gasteiger partial charge in [0.25, 0.3) is 5.56 Å². The Morgan fingerprint density at radius 3 is 2.65 bits per heavy atom. The Kier molecular flexibility index (Phi) is 4.62. The fourth-order valence-electron chi connectivity index (χ4n) is 2.52. The van der Waals surface area contributed by atoms with Gasteiger partial charge in [0.2, 0.25) is 5.95 Å². The molecule has 0 atom stereocenters. The number of pyridine rings is 1. The number of nitrogens with one attached hydrogen (secondary N) is 1. The molecule has 0 aliphatic carbocycles. The third kappa shape index (κ3) is 3.51. The van der Waals surface area contributed by atoms with E-state index in [1.165, 1.54) is 16.8 Å². The van der Waals surface area contributed by atoms with E-state index in [2.05, 4.69) is 15.3 Å². The van der Waals surface area contributed by atoms with Crippen LogP contribution >= 0.6 is 0 Å². The highest BCUT2D eigenvalue weighted by Gasteiger charge is 2.34. The van der Waals surface area contributed by atoms with Gasteiger partial charge in [-0.3, -0.25) is 9.36 Å². The number of halogens is 4. The van der Waals surface area contributed by atoms with Crippen molar-refractivity contribution in [2.24, 2.45) is 0 Å². The van der Waals surface area contributed by atoms with Gasteiger partial charge in [-0.05, 0) is 30.7 Å². The Morgan fingerprint density at radius 2 is 1.96 bits per heavy atom. The molecule has 0 unspecified atom stereocenters. The number of anilines is 2. The van der Waals surface area contributed by atoms with E-state index in [1.807, 2.05) is 6.92 Å². The third-order valence-electron chi connectivity index (χ3n) is 3.70. The highest BCUT2D eigenvalue weighted by atomic mass is 19.4. The van der Waals surface area contributed by atoms with Crippen molar-refractivity contribution in [1.82, 2.24) is 14.5 Å². The maximum absolute atomic E-state index is 13.4. The number of aryl methyl sites for hydroxylation is 1. The summed E-state index contributed by atoms with van der Waals surface area (Å²) >= 11 is 0.